The Kier molecular flexibility index (Phi) is 3.47. The minimum Gasteiger partial charge on any atom is -0.369 e. The largest absolute Gasteiger partial charge is 0.369 e. The minimum atomic E-state index is -0.345. The van der Waals surface area contributed by atoms with Gasteiger partial charge in [-0.05, 0) is 19.1 Å². The molecule has 2 aromatic heterocycles. The van der Waals surface area contributed by atoms with Gasteiger partial charge in [0.05, 0.1) is 0 Å². The number of benzene rings is 1. The monoisotopic (exact) mass is 286 g/mol. The van der Waals surface area contributed by atoms with Crippen LogP contribution in [0, 0.1) is 12.7 Å². The molecule has 0 aliphatic rings. The Morgan fingerprint density at radius 3 is 2.86 bits per heavy atom. The molecule has 1 aromatic carbocycles. The molecule has 3 aromatic rings. The Labute approximate surface area is 121 Å². The van der Waals surface area contributed by atoms with Gasteiger partial charge in [0, 0.05) is 25.4 Å². The van der Waals surface area contributed by atoms with E-state index in [1.807, 2.05) is 18.5 Å². The highest BCUT2D eigenvalue weighted by Gasteiger charge is 2.08. The summed E-state index contributed by atoms with van der Waals surface area (Å²) in [7, 11) is 1.93. The van der Waals surface area contributed by atoms with E-state index in [9.17, 15) is 4.39 Å². The van der Waals surface area contributed by atoms with E-state index in [1.54, 1.807) is 12.1 Å². The van der Waals surface area contributed by atoms with E-state index < -0.39 is 0 Å². The molecule has 0 bridgehead atoms. The van der Waals surface area contributed by atoms with Crippen molar-refractivity contribution < 1.29 is 4.39 Å². The van der Waals surface area contributed by atoms with Crippen LogP contribution in [0.15, 0.2) is 24.5 Å². The fraction of sp³-hybridized carbons (Fsp3) is 0.286. The Bertz CT molecular complexity index is 782. The van der Waals surface area contributed by atoms with Gasteiger partial charge in [0.1, 0.15) is 35.1 Å². The maximum absolute atomic E-state index is 13.7. The molecule has 3 rings (SSSR count). The zero-order valence-electron chi connectivity index (χ0n) is 11.8. The molecule has 0 atom stereocenters. The van der Waals surface area contributed by atoms with Crippen LogP contribution >= 0.6 is 0 Å². The van der Waals surface area contributed by atoms with Gasteiger partial charge in [-0.1, -0.05) is 6.07 Å². The van der Waals surface area contributed by atoms with Crippen LogP contribution in [0.5, 0.6) is 0 Å². The number of halogens is 1. The molecular formula is C14H15FN6. The van der Waals surface area contributed by atoms with Crippen LogP contribution in [0.1, 0.15) is 11.6 Å². The van der Waals surface area contributed by atoms with E-state index >= 15 is 0 Å². The molecule has 0 saturated heterocycles. The number of anilines is 1. The number of nitrogens with zero attached hydrogens (tertiary/aromatic N) is 5. The second-order valence-electron chi connectivity index (χ2n) is 4.76. The molecule has 0 amide bonds. The van der Waals surface area contributed by atoms with E-state index in [-0.39, 0.29) is 5.82 Å². The lowest BCUT2D eigenvalue weighted by Crippen LogP contribution is -2.10. The number of aromatic nitrogens is 5. The molecule has 1 N–H and O–H groups in total. The van der Waals surface area contributed by atoms with Crippen LogP contribution in [0.2, 0.25) is 0 Å². The van der Waals surface area contributed by atoms with Crippen molar-refractivity contribution >= 4 is 16.7 Å². The van der Waals surface area contributed by atoms with Crippen molar-refractivity contribution in [1.29, 1.82) is 0 Å². The predicted octanol–water partition coefficient (Wildman–Crippen LogP) is 1.86. The second-order valence-corrected chi connectivity index (χ2v) is 4.76. The first-order valence-corrected chi connectivity index (χ1v) is 6.65. The zero-order chi connectivity index (χ0) is 14.8. The van der Waals surface area contributed by atoms with Gasteiger partial charge < -0.3 is 9.88 Å². The van der Waals surface area contributed by atoms with Gasteiger partial charge in [-0.3, -0.25) is 0 Å². The van der Waals surface area contributed by atoms with Gasteiger partial charge in [0.25, 0.3) is 0 Å². The summed E-state index contributed by atoms with van der Waals surface area (Å²) in [5.74, 6) is 2.05. The summed E-state index contributed by atoms with van der Waals surface area (Å²) in [6.07, 6.45) is 2.07. The van der Waals surface area contributed by atoms with Gasteiger partial charge in [0.2, 0.25) is 0 Å². The molecule has 0 aliphatic carbocycles. The lowest BCUT2D eigenvalue weighted by Gasteiger charge is -2.08. The molecule has 6 nitrogen and oxygen atoms in total. The number of hydrogen-bond acceptors (Lipinski definition) is 5. The fourth-order valence-corrected chi connectivity index (χ4v) is 2.15. The van der Waals surface area contributed by atoms with Gasteiger partial charge in [-0.15, -0.1) is 10.2 Å². The molecule has 2 heterocycles. The number of fused-ring (bicyclic) bond motifs is 1. The summed E-state index contributed by atoms with van der Waals surface area (Å²) < 4.78 is 15.6. The van der Waals surface area contributed by atoms with Crippen LogP contribution in [-0.4, -0.2) is 31.3 Å². The minimum absolute atomic E-state index is 0.324. The first-order valence-electron chi connectivity index (χ1n) is 6.65. The Balaban J connectivity index is 1.77. The Hall–Kier alpha value is -2.57. The van der Waals surface area contributed by atoms with Crippen LogP contribution < -0.4 is 5.32 Å². The topological polar surface area (TPSA) is 68.5 Å². The van der Waals surface area contributed by atoms with Gasteiger partial charge >= 0.3 is 0 Å². The van der Waals surface area contributed by atoms with Crippen LogP contribution in [0.4, 0.5) is 10.2 Å². The lowest BCUT2D eigenvalue weighted by molar-refractivity contribution is 0.636. The first kappa shape index (κ1) is 13.4. The van der Waals surface area contributed by atoms with E-state index in [2.05, 4.69) is 25.5 Å². The van der Waals surface area contributed by atoms with E-state index in [1.165, 1.54) is 12.4 Å². The van der Waals surface area contributed by atoms with Crippen molar-refractivity contribution in [2.75, 3.05) is 11.9 Å². The summed E-state index contributed by atoms with van der Waals surface area (Å²) in [5.41, 5.74) is 0.324. The first-order chi connectivity index (χ1) is 10.2. The fourth-order valence-electron chi connectivity index (χ4n) is 2.15. The normalized spacial score (nSPS) is 11.0. The van der Waals surface area contributed by atoms with Crippen LogP contribution in [0.3, 0.4) is 0 Å². The van der Waals surface area contributed by atoms with Crippen LogP contribution in [0.25, 0.3) is 10.9 Å². The average Bonchev–Trinajstić information content (AvgIpc) is 2.80. The quantitative estimate of drug-likeness (QED) is 0.793. The average molecular weight is 286 g/mol. The number of para-hydroxylation sites is 1. The molecule has 0 unspecified atom stereocenters. The third-order valence-corrected chi connectivity index (χ3v) is 3.44. The molecule has 7 heteroatoms. The zero-order valence-corrected chi connectivity index (χ0v) is 11.8. The Morgan fingerprint density at radius 2 is 2.10 bits per heavy atom. The molecule has 0 spiro atoms. The molecule has 0 saturated carbocycles. The van der Waals surface area contributed by atoms with E-state index in [0.717, 1.165) is 11.6 Å². The highest BCUT2D eigenvalue weighted by atomic mass is 19.1. The molecule has 108 valence electrons. The number of aryl methyl sites for hydroxylation is 1. The van der Waals surface area contributed by atoms with Crippen molar-refractivity contribution in [3.8, 4) is 0 Å². The third kappa shape index (κ3) is 2.54. The highest BCUT2D eigenvalue weighted by molar-refractivity contribution is 5.89. The van der Waals surface area contributed by atoms with Crippen molar-refractivity contribution in [3.63, 3.8) is 0 Å². The summed E-state index contributed by atoms with van der Waals surface area (Å²) in [4.78, 5) is 8.15. The summed E-state index contributed by atoms with van der Waals surface area (Å²) in [6.45, 7) is 2.54. The predicted molar refractivity (Wildman–Crippen MR) is 77.4 cm³/mol. The third-order valence-electron chi connectivity index (χ3n) is 3.44. The molecule has 0 radical (unpaired) electrons. The van der Waals surface area contributed by atoms with Crippen molar-refractivity contribution in [2.45, 2.75) is 13.3 Å². The summed E-state index contributed by atoms with van der Waals surface area (Å²) >= 11 is 0. The summed E-state index contributed by atoms with van der Waals surface area (Å²) in [6, 6.07) is 4.84. The van der Waals surface area contributed by atoms with Crippen molar-refractivity contribution in [3.05, 3.63) is 42.0 Å². The molecule has 0 aliphatic heterocycles. The molecular weight excluding hydrogens is 271 g/mol. The Morgan fingerprint density at radius 1 is 1.24 bits per heavy atom. The number of hydrogen-bond donors (Lipinski definition) is 1. The second kappa shape index (κ2) is 5.43. The SMILES string of the molecule is Cc1nnc(CCNc2ncnc3c(F)cccc23)n1C. The maximum atomic E-state index is 13.7. The number of rotatable bonds is 4. The van der Waals surface area contributed by atoms with Crippen LogP contribution in [-0.2, 0) is 13.5 Å². The molecule has 21 heavy (non-hydrogen) atoms. The summed E-state index contributed by atoms with van der Waals surface area (Å²) in [5, 5.41) is 12.0. The lowest BCUT2D eigenvalue weighted by atomic mass is 10.2. The highest BCUT2D eigenvalue weighted by Crippen LogP contribution is 2.20. The van der Waals surface area contributed by atoms with Gasteiger partial charge in [-0.25, -0.2) is 14.4 Å². The van der Waals surface area contributed by atoms with Crippen molar-refractivity contribution in [1.82, 2.24) is 24.7 Å². The van der Waals surface area contributed by atoms with Gasteiger partial charge in [0.15, 0.2) is 0 Å². The molecule has 0 fully saturated rings. The van der Waals surface area contributed by atoms with E-state index in [0.29, 0.717) is 29.7 Å². The number of nitrogens with one attached hydrogen (secondary N) is 1. The standard InChI is InChI=1S/C14H15FN6/c1-9-19-20-12(21(9)2)6-7-16-14-10-4-3-5-11(15)13(10)17-8-18-14/h3-5,8H,6-7H2,1-2H3,(H,16,17,18). The smallest absolute Gasteiger partial charge is 0.149 e. The van der Waals surface area contributed by atoms with E-state index in [4.69, 9.17) is 0 Å². The van der Waals surface area contributed by atoms with Gasteiger partial charge in [-0.2, -0.15) is 0 Å². The van der Waals surface area contributed by atoms with Crippen molar-refractivity contribution in [2.24, 2.45) is 7.05 Å². The maximum Gasteiger partial charge on any atom is 0.149 e.